The number of benzene rings is 1. The van der Waals surface area contributed by atoms with Gasteiger partial charge in [-0.2, -0.15) is 0 Å². The third-order valence-corrected chi connectivity index (χ3v) is 3.02. The smallest absolute Gasteiger partial charge is 0.130 e. The Morgan fingerprint density at radius 2 is 2.07 bits per heavy atom. The summed E-state index contributed by atoms with van der Waals surface area (Å²) in [5.41, 5.74) is 0.162. The van der Waals surface area contributed by atoms with Crippen LogP contribution in [-0.4, -0.2) is 19.1 Å². The van der Waals surface area contributed by atoms with Crippen LogP contribution in [0.4, 0.5) is 8.78 Å². The van der Waals surface area contributed by atoms with Crippen molar-refractivity contribution < 1.29 is 13.5 Å². The van der Waals surface area contributed by atoms with Gasteiger partial charge in [0.25, 0.3) is 0 Å². The third kappa shape index (κ3) is 1.86. The van der Waals surface area contributed by atoms with Crippen molar-refractivity contribution in [3.8, 4) is 0 Å². The van der Waals surface area contributed by atoms with Crippen molar-refractivity contribution >= 4 is 11.6 Å². The summed E-state index contributed by atoms with van der Waals surface area (Å²) in [5, 5.41) is 0. The lowest BCUT2D eigenvalue weighted by Gasteiger charge is -2.41. The molecular formula is C11H11ClF2O. The standard InChI is InChI=1S/C11H11ClF2O/c12-4-3-11(6-15-7-11)9-2-1-8(13)5-10(9)14/h1-2,5H,3-4,6-7H2. The van der Waals surface area contributed by atoms with E-state index in [1.165, 1.54) is 12.1 Å². The molecule has 0 bridgehead atoms. The Balaban J connectivity index is 2.34. The molecule has 1 fully saturated rings. The Bertz CT molecular complexity index is 364. The van der Waals surface area contributed by atoms with E-state index in [9.17, 15) is 8.78 Å². The van der Waals surface area contributed by atoms with Gasteiger partial charge in [0, 0.05) is 17.4 Å². The molecule has 0 unspecified atom stereocenters. The van der Waals surface area contributed by atoms with Gasteiger partial charge in [0.1, 0.15) is 11.6 Å². The highest BCUT2D eigenvalue weighted by Crippen LogP contribution is 2.37. The van der Waals surface area contributed by atoms with Crippen molar-refractivity contribution in [2.75, 3.05) is 19.1 Å². The Hall–Kier alpha value is -0.670. The quantitative estimate of drug-likeness (QED) is 0.729. The molecule has 0 aliphatic carbocycles. The van der Waals surface area contributed by atoms with Gasteiger partial charge in [-0.25, -0.2) is 8.78 Å². The maximum absolute atomic E-state index is 13.6. The lowest BCUT2D eigenvalue weighted by atomic mass is 9.76. The van der Waals surface area contributed by atoms with E-state index in [1.807, 2.05) is 0 Å². The first-order chi connectivity index (χ1) is 7.18. The molecule has 0 amide bonds. The molecule has 1 aromatic rings. The Morgan fingerprint density at radius 3 is 2.53 bits per heavy atom. The van der Waals surface area contributed by atoms with E-state index in [-0.39, 0.29) is 5.41 Å². The fourth-order valence-corrected chi connectivity index (χ4v) is 2.25. The molecule has 1 aliphatic rings. The van der Waals surface area contributed by atoms with Gasteiger partial charge >= 0.3 is 0 Å². The molecule has 15 heavy (non-hydrogen) atoms. The molecule has 0 N–H and O–H groups in total. The predicted molar refractivity (Wildman–Crippen MR) is 54.2 cm³/mol. The van der Waals surface area contributed by atoms with Crippen LogP contribution in [0.1, 0.15) is 12.0 Å². The summed E-state index contributed by atoms with van der Waals surface area (Å²) in [6, 6.07) is 3.66. The van der Waals surface area contributed by atoms with Crippen molar-refractivity contribution in [1.82, 2.24) is 0 Å². The van der Waals surface area contributed by atoms with Crippen LogP contribution in [0.2, 0.25) is 0 Å². The second kappa shape index (κ2) is 4.06. The Morgan fingerprint density at radius 1 is 1.33 bits per heavy atom. The van der Waals surface area contributed by atoms with E-state index in [2.05, 4.69) is 0 Å². The number of alkyl halides is 1. The first-order valence-electron chi connectivity index (χ1n) is 4.77. The number of halogens is 3. The Kier molecular flexibility index (Phi) is 2.94. The normalized spacial score (nSPS) is 18.6. The van der Waals surface area contributed by atoms with E-state index in [1.54, 1.807) is 0 Å². The van der Waals surface area contributed by atoms with Gasteiger partial charge in [-0.3, -0.25) is 0 Å². The van der Waals surface area contributed by atoms with Gasteiger partial charge in [0.05, 0.1) is 13.2 Å². The predicted octanol–water partition coefficient (Wildman–Crippen LogP) is 2.86. The topological polar surface area (TPSA) is 9.23 Å². The number of ether oxygens (including phenoxy) is 1. The summed E-state index contributed by atoms with van der Waals surface area (Å²) in [6.45, 7) is 0.921. The molecule has 2 rings (SSSR count). The molecule has 1 heterocycles. The van der Waals surface area contributed by atoms with Crippen molar-refractivity contribution in [2.24, 2.45) is 0 Å². The molecule has 1 saturated heterocycles. The minimum absolute atomic E-state index is 0.348. The molecule has 1 aromatic carbocycles. The van der Waals surface area contributed by atoms with Crippen molar-refractivity contribution in [2.45, 2.75) is 11.8 Å². The zero-order chi connectivity index (χ0) is 10.9. The van der Waals surface area contributed by atoms with Crippen LogP contribution in [0.15, 0.2) is 18.2 Å². The summed E-state index contributed by atoms with van der Waals surface area (Å²) in [4.78, 5) is 0. The summed E-state index contributed by atoms with van der Waals surface area (Å²) in [7, 11) is 0. The third-order valence-electron chi connectivity index (χ3n) is 2.83. The first-order valence-corrected chi connectivity index (χ1v) is 5.31. The van der Waals surface area contributed by atoms with Crippen molar-refractivity contribution in [3.05, 3.63) is 35.4 Å². The van der Waals surface area contributed by atoms with Gasteiger partial charge in [0.15, 0.2) is 0 Å². The molecule has 0 atom stereocenters. The first kappa shape index (κ1) is 10.8. The van der Waals surface area contributed by atoms with Crippen LogP contribution >= 0.6 is 11.6 Å². The van der Waals surface area contributed by atoms with Crippen LogP contribution in [0, 0.1) is 11.6 Å². The van der Waals surface area contributed by atoms with Crippen LogP contribution in [0.25, 0.3) is 0 Å². The molecule has 1 aliphatic heterocycles. The van der Waals surface area contributed by atoms with Crippen LogP contribution in [0.3, 0.4) is 0 Å². The van der Waals surface area contributed by atoms with Gasteiger partial charge in [0.2, 0.25) is 0 Å². The fourth-order valence-electron chi connectivity index (χ4n) is 1.88. The Labute approximate surface area is 92.0 Å². The average Bonchev–Trinajstić information content (AvgIpc) is 2.12. The molecular weight excluding hydrogens is 222 g/mol. The lowest BCUT2D eigenvalue weighted by Crippen LogP contribution is -2.47. The minimum atomic E-state index is -0.558. The second-order valence-electron chi connectivity index (χ2n) is 3.84. The van der Waals surface area contributed by atoms with Crippen molar-refractivity contribution in [3.63, 3.8) is 0 Å². The molecule has 1 nitrogen and oxygen atoms in total. The lowest BCUT2D eigenvalue weighted by molar-refractivity contribution is -0.0632. The second-order valence-corrected chi connectivity index (χ2v) is 4.21. The van der Waals surface area contributed by atoms with E-state index in [0.717, 1.165) is 6.07 Å². The number of rotatable bonds is 3. The fraction of sp³-hybridized carbons (Fsp3) is 0.455. The van der Waals surface area contributed by atoms with E-state index < -0.39 is 11.6 Å². The van der Waals surface area contributed by atoms with Crippen LogP contribution < -0.4 is 0 Å². The van der Waals surface area contributed by atoms with Gasteiger partial charge in [-0.05, 0) is 18.1 Å². The average molecular weight is 233 g/mol. The molecule has 0 saturated carbocycles. The SMILES string of the molecule is Fc1ccc(C2(CCCl)COC2)c(F)c1. The highest BCUT2D eigenvalue weighted by Gasteiger charge is 2.41. The molecule has 0 spiro atoms. The molecule has 0 aromatic heterocycles. The summed E-state index contributed by atoms with van der Waals surface area (Å²) >= 11 is 5.68. The van der Waals surface area contributed by atoms with Gasteiger partial charge < -0.3 is 4.74 Å². The van der Waals surface area contributed by atoms with E-state index in [4.69, 9.17) is 16.3 Å². The van der Waals surface area contributed by atoms with E-state index in [0.29, 0.717) is 31.1 Å². The largest absolute Gasteiger partial charge is 0.379 e. The zero-order valence-corrected chi connectivity index (χ0v) is 8.86. The van der Waals surface area contributed by atoms with Gasteiger partial charge in [-0.1, -0.05) is 6.07 Å². The number of hydrogen-bond donors (Lipinski definition) is 0. The monoisotopic (exact) mass is 232 g/mol. The summed E-state index contributed by atoms with van der Waals surface area (Å²) in [6.07, 6.45) is 0.650. The molecule has 0 radical (unpaired) electrons. The number of hydrogen-bond acceptors (Lipinski definition) is 1. The van der Waals surface area contributed by atoms with Gasteiger partial charge in [-0.15, -0.1) is 11.6 Å². The highest BCUT2D eigenvalue weighted by molar-refractivity contribution is 6.17. The van der Waals surface area contributed by atoms with Crippen LogP contribution in [0.5, 0.6) is 0 Å². The maximum atomic E-state index is 13.6. The summed E-state index contributed by atoms with van der Waals surface area (Å²) < 4.78 is 31.4. The van der Waals surface area contributed by atoms with E-state index >= 15 is 0 Å². The minimum Gasteiger partial charge on any atom is -0.379 e. The maximum Gasteiger partial charge on any atom is 0.130 e. The van der Waals surface area contributed by atoms with Crippen LogP contribution in [-0.2, 0) is 10.2 Å². The summed E-state index contributed by atoms with van der Waals surface area (Å²) in [5.74, 6) is -0.624. The zero-order valence-electron chi connectivity index (χ0n) is 8.10. The highest BCUT2D eigenvalue weighted by atomic mass is 35.5. The molecule has 82 valence electrons. The molecule has 4 heteroatoms. The van der Waals surface area contributed by atoms with Crippen molar-refractivity contribution in [1.29, 1.82) is 0 Å².